The molecule has 1 fully saturated rings. The predicted octanol–water partition coefficient (Wildman–Crippen LogP) is 3.66. The van der Waals surface area contributed by atoms with Gasteiger partial charge in [0, 0.05) is 0 Å². The number of carboxylic acids is 1. The molecular formula is C20H18N2O4S. The Morgan fingerprint density at radius 3 is 2.81 bits per heavy atom. The van der Waals surface area contributed by atoms with E-state index in [1.165, 1.54) is 11.8 Å². The molecule has 2 aromatic carbocycles. The molecule has 0 saturated carbocycles. The standard InChI is InChI=1S/C20H18N2O4S/c1-12-6-7-16(13(2)8-12)21-20-22-19(25)17(27-20)10-14-4-3-5-15(9-14)26-11-18(23)24/h3-10H,11H2,1-2H3,(H,23,24)(H,21,22,25)/b17-10+. The third-order valence-electron chi connectivity index (χ3n) is 3.74. The number of carboxylic acid groups (broad SMARTS) is 1. The van der Waals surface area contributed by atoms with Crippen molar-refractivity contribution >= 4 is 40.6 Å². The van der Waals surface area contributed by atoms with Crippen LogP contribution in [0.2, 0.25) is 0 Å². The van der Waals surface area contributed by atoms with Crippen molar-refractivity contribution in [1.82, 2.24) is 5.32 Å². The first-order chi connectivity index (χ1) is 12.9. The molecule has 2 aromatic rings. The van der Waals surface area contributed by atoms with E-state index in [2.05, 4.69) is 10.3 Å². The van der Waals surface area contributed by atoms with Crippen LogP contribution in [0.15, 0.2) is 52.4 Å². The molecule has 0 spiro atoms. The summed E-state index contributed by atoms with van der Waals surface area (Å²) in [5.74, 6) is -0.837. The Hall–Kier alpha value is -3.06. The van der Waals surface area contributed by atoms with Gasteiger partial charge in [0.1, 0.15) is 5.75 Å². The SMILES string of the molecule is Cc1ccc(N=C2NC(=O)/C(=C\c3cccc(OCC(=O)O)c3)S2)c(C)c1. The Morgan fingerprint density at radius 2 is 2.07 bits per heavy atom. The first-order valence-corrected chi connectivity index (χ1v) is 9.04. The molecule has 0 unspecified atom stereocenters. The van der Waals surface area contributed by atoms with Crippen molar-refractivity contribution in [3.63, 3.8) is 0 Å². The van der Waals surface area contributed by atoms with E-state index >= 15 is 0 Å². The quantitative estimate of drug-likeness (QED) is 0.771. The third kappa shape index (κ3) is 4.98. The van der Waals surface area contributed by atoms with Crippen molar-refractivity contribution in [2.24, 2.45) is 4.99 Å². The van der Waals surface area contributed by atoms with Crippen LogP contribution in [0.5, 0.6) is 5.75 Å². The van der Waals surface area contributed by atoms with Gasteiger partial charge in [0.25, 0.3) is 5.91 Å². The van der Waals surface area contributed by atoms with Gasteiger partial charge in [-0.25, -0.2) is 9.79 Å². The molecule has 1 heterocycles. The van der Waals surface area contributed by atoms with Gasteiger partial charge in [-0.2, -0.15) is 0 Å². The predicted molar refractivity (Wildman–Crippen MR) is 106 cm³/mol. The monoisotopic (exact) mass is 382 g/mol. The molecule has 6 nitrogen and oxygen atoms in total. The molecule has 0 aromatic heterocycles. The van der Waals surface area contributed by atoms with Crippen LogP contribution in [-0.4, -0.2) is 28.8 Å². The highest BCUT2D eigenvalue weighted by Gasteiger charge is 2.24. The minimum atomic E-state index is -1.04. The molecular weight excluding hydrogens is 364 g/mol. The molecule has 3 rings (SSSR count). The number of rotatable bonds is 5. The average molecular weight is 382 g/mol. The molecule has 1 amide bonds. The van der Waals surface area contributed by atoms with Gasteiger partial charge in [0.05, 0.1) is 10.6 Å². The number of aliphatic carboxylic acids is 1. The summed E-state index contributed by atoms with van der Waals surface area (Å²) in [6.45, 7) is 3.58. The van der Waals surface area contributed by atoms with E-state index in [0.717, 1.165) is 22.4 Å². The van der Waals surface area contributed by atoms with Crippen molar-refractivity contribution in [3.8, 4) is 5.75 Å². The van der Waals surface area contributed by atoms with Gasteiger partial charge in [-0.3, -0.25) is 4.79 Å². The van der Waals surface area contributed by atoms with Crippen molar-refractivity contribution < 1.29 is 19.4 Å². The van der Waals surface area contributed by atoms with Crippen LogP contribution < -0.4 is 10.1 Å². The molecule has 1 saturated heterocycles. The van der Waals surface area contributed by atoms with Crippen molar-refractivity contribution in [1.29, 1.82) is 0 Å². The van der Waals surface area contributed by atoms with Gasteiger partial charge in [-0.05, 0) is 61.0 Å². The number of carbonyl (C=O) groups is 2. The third-order valence-corrected chi connectivity index (χ3v) is 4.65. The van der Waals surface area contributed by atoms with Crippen molar-refractivity contribution in [2.45, 2.75) is 13.8 Å². The maximum Gasteiger partial charge on any atom is 0.341 e. The fourth-order valence-electron chi connectivity index (χ4n) is 2.51. The largest absolute Gasteiger partial charge is 0.482 e. The molecule has 0 bridgehead atoms. The smallest absolute Gasteiger partial charge is 0.341 e. The zero-order valence-corrected chi connectivity index (χ0v) is 15.7. The lowest BCUT2D eigenvalue weighted by atomic mass is 10.1. The Bertz CT molecular complexity index is 966. The van der Waals surface area contributed by atoms with E-state index < -0.39 is 12.6 Å². The first kappa shape index (κ1) is 18.7. The summed E-state index contributed by atoms with van der Waals surface area (Å²) >= 11 is 1.26. The van der Waals surface area contributed by atoms with Crippen LogP contribution in [0.25, 0.3) is 6.08 Å². The van der Waals surface area contributed by atoms with Crippen molar-refractivity contribution in [3.05, 3.63) is 64.1 Å². The molecule has 0 aliphatic carbocycles. The molecule has 2 N–H and O–H groups in total. The Labute approximate surface area is 161 Å². The van der Waals surface area contributed by atoms with Gasteiger partial charge in [0.15, 0.2) is 11.8 Å². The summed E-state index contributed by atoms with van der Waals surface area (Å²) < 4.78 is 5.16. The highest BCUT2D eigenvalue weighted by atomic mass is 32.2. The number of hydrogen-bond donors (Lipinski definition) is 2. The van der Waals surface area contributed by atoms with E-state index in [-0.39, 0.29) is 5.91 Å². The number of aryl methyl sites for hydroxylation is 2. The topological polar surface area (TPSA) is 88.0 Å². The molecule has 138 valence electrons. The highest BCUT2D eigenvalue weighted by Crippen LogP contribution is 2.30. The maximum atomic E-state index is 12.2. The van der Waals surface area contributed by atoms with Gasteiger partial charge >= 0.3 is 5.97 Å². The van der Waals surface area contributed by atoms with Gasteiger partial charge in [-0.15, -0.1) is 0 Å². The average Bonchev–Trinajstić information content (AvgIpc) is 2.95. The number of amides is 1. The fraction of sp³-hybridized carbons (Fsp3) is 0.150. The number of thioether (sulfide) groups is 1. The van der Waals surface area contributed by atoms with Gasteiger partial charge in [0.2, 0.25) is 0 Å². The number of amidine groups is 1. The molecule has 7 heteroatoms. The lowest BCUT2D eigenvalue weighted by Crippen LogP contribution is -2.19. The summed E-state index contributed by atoms with van der Waals surface area (Å²) in [5.41, 5.74) is 3.75. The zero-order chi connectivity index (χ0) is 19.4. The number of carbonyl (C=O) groups excluding carboxylic acids is 1. The first-order valence-electron chi connectivity index (χ1n) is 8.22. The minimum Gasteiger partial charge on any atom is -0.482 e. The summed E-state index contributed by atoms with van der Waals surface area (Å²) in [7, 11) is 0. The normalized spacial score (nSPS) is 16.6. The summed E-state index contributed by atoms with van der Waals surface area (Å²) in [6, 6.07) is 12.9. The van der Waals surface area contributed by atoms with E-state index in [1.807, 2.05) is 38.1 Å². The lowest BCUT2D eigenvalue weighted by molar-refractivity contribution is -0.139. The van der Waals surface area contributed by atoms with Gasteiger partial charge < -0.3 is 15.2 Å². The number of nitrogens with one attached hydrogen (secondary N) is 1. The Balaban J connectivity index is 1.78. The van der Waals surface area contributed by atoms with Crippen LogP contribution >= 0.6 is 11.8 Å². The number of hydrogen-bond acceptors (Lipinski definition) is 5. The number of aliphatic imine (C=N–C) groups is 1. The second kappa shape index (κ2) is 8.09. The van der Waals surface area contributed by atoms with Crippen LogP contribution in [0.4, 0.5) is 5.69 Å². The summed E-state index contributed by atoms with van der Waals surface area (Å²) in [4.78, 5) is 27.9. The van der Waals surface area contributed by atoms with E-state index in [1.54, 1.807) is 24.3 Å². The fourth-order valence-corrected chi connectivity index (χ4v) is 3.35. The Morgan fingerprint density at radius 1 is 1.26 bits per heavy atom. The van der Waals surface area contributed by atoms with E-state index in [0.29, 0.717) is 15.8 Å². The number of ether oxygens (including phenoxy) is 1. The number of benzene rings is 2. The zero-order valence-electron chi connectivity index (χ0n) is 14.9. The molecule has 1 aliphatic rings. The second-order valence-electron chi connectivity index (χ2n) is 6.03. The minimum absolute atomic E-state index is 0.222. The van der Waals surface area contributed by atoms with E-state index in [4.69, 9.17) is 9.84 Å². The van der Waals surface area contributed by atoms with Crippen LogP contribution in [-0.2, 0) is 9.59 Å². The van der Waals surface area contributed by atoms with Crippen molar-refractivity contribution in [2.75, 3.05) is 6.61 Å². The highest BCUT2D eigenvalue weighted by molar-refractivity contribution is 8.18. The number of nitrogens with zero attached hydrogens (tertiary/aromatic N) is 1. The maximum absolute atomic E-state index is 12.2. The van der Waals surface area contributed by atoms with Crippen LogP contribution in [0, 0.1) is 13.8 Å². The second-order valence-corrected chi connectivity index (χ2v) is 7.06. The van der Waals surface area contributed by atoms with Crippen LogP contribution in [0.3, 0.4) is 0 Å². The van der Waals surface area contributed by atoms with Gasteiger partial charge in [-0.1, -0.05) is 29.8 Å². The van der Waals surface area contributed by atoms with E-state index in [9.17, 15) is 9.59 Å². The summed E-state index contributed by atoms with van der Waals surface area (Å²) in [6.07, 6.45) is 1.72. The molecule has 27 heavy (non-hydrogen) atoms. The Kier molecular flexibility index (Phi) is 5.61. The lowest BCUT2D eigenvalue weighted by Gasteiger charge is -2.04. The summed E-state index contributed by atoms with van der Waals surface area (Å²) in [5, 5.41) is 12.0. The van der Waals surface area contributed by atoms with Crippen LogP contribution in [0.1, 0.15) is 16.7 Å². The molecule has 1 aliphatic heterocycles. The molecule has 0 radical (unpaired) electrons. The molecule has 0 atom stereocenters.